The topological polar surface area (TPSA) is 56.2 Å². The van der Waals surface area contributed by atoms with Crippen LogP contribution in [0.3, 0.4) is 0 Å². The minimum Gasteiger partial charge on any atom is -0.489 e. The van der Waals surface area contributed by atoms with Gasteiger partial charge in [-0.05, 0) is 49.7 Å². The van der Waals surface area contributed by atoms with E-state index >= 15 is 0 Å². The second kappa shape index (κ2) is 8.49. The summed E-state index contributed by atoms with van der Waals surface area (Å²) in [5.74, 6) is -0.424. The summed E-state index contributed by atoms with van der Waals surface area (Å²) in [7, 11) is 0. The molecular weight excluding hydrogens is 345 g/mol. The second-order valence-corrected chi connectivity index (χ2v) is 6.32. The van der Waals surface area contributed by atoms with Gasteiger partial charge >= 0.3 is 0 Å². The molecule has 0 saturated heterocycles. The van der Waals surface area contributed by atoms with E-state index in [-0.39, 0.29) is 18.3 Å². The molecule has 6 heteroatoms. The summed E-state index contributed by atoms with van der Waals surface area (Å²) in [4.78, 5) is 12.2. The minimum absolute atomic E-state index is 0.181. The zero-order valence-electron chi connectivity index (χ0n) is 15.4. The van der Waals surface area contributed by atoms with Gasteiger partial charge in [0, 0.05) is 11.3 Å². The van der Waals surface area contributed by atoms with Crippen molar-refractivity contribution in [2.75, 3.05) is 13.2 Å². The summed E-state index contributed by atoms with van der Waals surface area (Å²) in [5.41, 5.74) is 3.73. The van der Waals surface area contributed by atoms with Crippen molar-refractivity contribution in [3.63, 3.8) is 0 Å². The van der Waals surface area contributed by atoms with Crippen LogP contribution in [-0.2, 0) is 6.54 Å². The fraction of sp³-hybridized carbons (Fsp3) is 0.238. The minimum atomic E-state index is -0.415. The van der Waals surface area contributed by atoms with Crippen molar-refractivity contribution in [3.05, 3.63) is 82.9 Å². The van der Waals surface area contributed by atoms with Gasteiger partial charge in [-0.3, -0.25) is 9.48 Å². The molecule has 27 heavy (non-hydrogen) atoms. The van der Waals surface area contributed by atoms with Gasteiger partial charge in [0.25, 0.3) is 5.91 Å². The molecule has 1 N–H and O–H groups in total. The molecule has 0 spiro atoms. The average Bonchev–Trinajstić information content (AvgIpc) is 2.97. The first-order chi connectivity index (χ1) is 13.0. The highest BCUT2D eigenvalue weighted by molar-refractivity contribution is 5.94. The second-order valence-electron chi connectivity index (χ2n) is 6.32. The third-order valence-electron chi connectivity index (χ3n) is 4.13. The Morgan fingerprint density at radius 3 is 2.56 bits per heavy atom. The Balaban J connectivity index is 1.49. The predicted molar refractivity (Wildman–Crippen MR) is 101 cm³/mol. The number of carbonyl (C=O) groups is 1. The Morgan fingerprint density at radius 1 is 1.15 bits per heavy atom. The summed E-state index contributed by atoms with van der Waals surface area (Å²) in [6.45, 7) is 5.14. The molecule has 0 saturated carbocycles. The van der Waals surface area contributed by atoms with Gasteiger partial charge < -0.3 is 10.1 Å². The molecule has 0 fully saturated rings. The van der Waals surface area contributed by atoms with Crippen LogP contribution in [0.4, 0.5) is 4.39 Å². The number of nitrogens with one attached hydrogen (secondary N) is 1. The highest BCUT2D eigenvalue weighted by atomic mass is 19.1. The molecule has 2 aromatic carbocycles. The normalized spacial score (nSPS) is 10.6. The van der Waals surface area contributed by atoms with E-state index in [1.807, 2.05) is 36.7 Å². The summed E-state index contributed by atoms with van der Waals surface area (Å²) in [5, 5.41) is 7.21. The van der Waals surface area contributed by atoms with Crippen LogP contribution in [0.25, 0.3) is 0 Å². The highest BCUT2D eigenvalue weighted by Gasteiger charge is 2.07. The van der Waals surface area contributed by atoms with Gasteiger partial charge in [0.1, 0.15) is 6.61 Å². The van der Waals surface area contributed by atoms with Crippen LogP contribution in [0.5, 0.6) is 5.75 Å². The number of hydrogen-bond acceptors (Lipinski definition) is 3. The van der Waals surface area contributed by atoms with Crippen LogP contribution < -0.4 is 10.1 Å². The van der Waals surface area contributed by atoms with Crippen LogP contribution in [0.15, 0.2) is 54.6 Å². The maximum absolute atomic E-state index is 13.4. The molecule has 0 aliphatic carbocycles. The number of ether oxygens (including phenoxy) is 1. The van der Waals surface area contributed by atoms with E-state index < -0.39 is 5.82 Å². The lowest BCUT2D eigenvalue weighted by Crippen LogP contribution is -2.28. The molecule has 1 heterocycles. The third-order valence-corrected chi connectivity index (χ3v) is 4.13. The standard InChI is InChI=1S/C21H22FN3O2/c1-15-13-16(2)25(24-15)14-17-7-9-18(10-8-17)21(26)23-11-12-27-20-6-4-3-5-19(20)22/h3-10,13H,11-12,14H2,1-2H3,(H,23,26). The zero-order chi connectivity index (χ0) is 19.2. The summed E-state index contributed by atoms with van der Waals surface area (Å²) >= 11 is 0. The molecule has 0 bridgehead atoms. The fourth-order valence-corrected chi connectivity index (χ4v) is 2.76. The number of aromatic nitrogens is 2. The van der Waals surface area contributed by atoms with Gasteiger partial charge in [0.05, 0.1) is 18.8 Å². The molecule has 140 valence electrons. The number of halogens is 1. The number of rotatable bonds is 7. The molecule has 3 rings (SSSR count). The molecule has 0 unspecified atom stereocenters. The number of para-hydroxylation sites is 1. The molecule has 0 radical (unpaired) electrons. The van der Waals surface area contributed by atoms with E-state index in [9.17, 15) is 9.18 Å². The number of benzene rings is 2. The summed E-state index contributed by atoms with van der Waals surface area (Å²) < 4.78 is 20.7. The fourth-order valence-electron chi connectivity index (χ4n) is 2.76. The van der Waals surface area contributed by atoms with Crippen LogP contribution in [0, 0.1) is 19.7 Å². The molecule has 0 aliphatic rings. The third kappa shape index (κ3) is 4.94. The molecule has 3 aromatic rings. The van der Waals surface area contributed by atoms with Crippen molar-refractivity contribution >= 4 is 5.91 Å². The number of amides is 1. The van der Waals surface area contributed by atoms with Crippen molar-refractivity contribution in [1.29, 1.82) is 0 Å². The number of aryl methyl sites for hydroxylation is 2. The van der Waals surface area contributed by atoms with Gasteiger partial charge in [-0.1, -0.05) is 24.3 Å². The smallest absolute Gasteiger partial charge is 0.251 e. The first-order valence-corrected chi connectivity index (χ1v) is 8.78. The molecular formula is C21H22FN3O2. The van der Waals surface area contributed by atoms with E-state index in [0.717, 1.165) is 17.0 Å². The highest BCUT2D eigenvalue weighted by Crippen LogP contribution is 2.15. The van der Waals surface area contributed by atoms with Crippen molar-refractivity contribution < 1.29 is 13.9 Å². The van der Waals surface area contributed by atoms with E-state index in [0.29, 0.717) is 18.7 Å². The van der Waals surface area contributed by atoms with Crippen LogP contribution in [-0.4, -0.2) is 28.8 Å². The van der Waals surface area contributed by atoms with E-state index in [4.69, 9.17) is 4.74 Å². The SMILES string of the molecule is Cc1cc(C)n(Cc2ccc(C(=O)NCCOc3ccccc3F)cc2)n1. The Bertz CT molecular complexity index is 919. The first kappa shape index (κ1) is 18.6. The Kier molecular flexibility index (Phi) is 5.86. The lowest BCUT2D eigenvalue weighted by Gasteiger charge is -2.09. The largest absolute Gasteiger partial charge is 0.489 e. The van der Waals surface area contributed by atoms with Crippen molar-refractivity contribution in [3.8, 4) is 5.75 Å². The van der Waals surface area contributed by atoms with E-state index in [1.54, 1.807) is 30.3 Å². The maximum Gasteiger partial charge on any atom is 0.251 e. The molecule has 0 aliphatic heterocycles. The molecule has 5 nitrogen and oxygen atoms in total. The van der Waals surface area contributed by atoms with Crippen molar-refractivity contribution in [1.82, 2.24) is 15.1 Å². The van der Waals surface area contributed by atoms with Gasteiger partial charge in [-0.2, -0.15) is 5.10 Å². The number of nitrogens with zero attached hydrogens (tertiary/aromatic N) is 2. The first-order valence-electron chi connectivity index (χ1n) is 8.78. The quantitative estimate of drug-likeness (QED) is 0.651. The average molecular weight is 367 g/mol. The van der Waals surface area contributed by atoms with Crippen molar-refractivity contribution in [2.24, 2.45) is 0 Å². The predicted octanol–water partition coefficient (Wildman–Crippen LogP) is 3.50. The van der Waals surface area contributed by atoms with Gasteiger partial charge in [-0.25, -0.2) is 4.39 Å². The van der Waals surface area contributed by atoms with E-state index in [1.165, 1.54) is 6.07 Å². The monoisotopic (exact) mass is 367 g/mol. The Morgan fingerprint density at radius 2 is 1.89 bits per heavy atom. The Hall–Kier alpha value is -3.15. The zero-order valence-corrected chi connectivity index (χ0v) is 15.4. The molecule has 1 amide bonds. The van der Waals surface area contributed by atoms with Crippen LogP contribution >= 0.6 is 0 Å². The van der Waals surface area contributed by atoms with Gasteiger partial charge in [0.15, 0.2) is 11.6 Å². The van der Waals surface area contributed by atoms with Crippen LogP contribution in [0.2, 0.25) is 0 Å². The Labute approximate surface area is 157 Å². The summed E-state index contributed by atoms with van der Waals surface area (Å²) in [6.07, 6.45) is 0. The summed E-state index contributed by atoms with van der Waals surface area (Å²) in [6, 6.07) is 15.6. The van der Waals surface area contributed by atoms with Crippen molar-refractivity contribution in [2.45, 2.75) is 20.4 Å². The number of carbonyl (C=O) groups excluding carboxylic acids is 1. The van der Waals surface area contributed by atoms with E-state index in [2.05, 4.69) is 10.4 Å². The van der Waals surface area contributed by atoms with Crippen LogP contribution in [0.1, 0.15) is 27.3 Å². The van der Waals surface area contributed by atoms with Gasteiger partial charge in [0.2, 0.25) is 0 Å². The lowest BCUT2D eigenvalue weighted by atomic mass is 10.1. The lowest BCUT2D eigenvalue weighted by molar-refractivity contribution is 0.0946. The molecule has 0 atom stereocenters. The molecule has 1 aromatic heterocycles. The maximum atomic E-state index is 13.4. The number of hydrogen-bond donors (Lipinski definition) is 1. The van der Waals surface area contributed by atoms with Gasteiger partial charge in [-0.15, -0.1) is 0 Å².